The van der Waals surface area contributed by atoms with Crippen LogP contribution in [0.4, 0.5) is 17.6 Å². The van der Waals surface area contributed by atoms with Crippen molar-refractivity contribution >= 4 is 43.6 Å². The van der Waals surface area contributed by atoms with E-state index >= 15 is 0 Å². The van der Waals surface area contributed by atoms with Gasteiger partial charge in [-0.25, -0.2) is 17.6 Å². The molecule has 0 saturated heterocycles. The number of halogens is 4. The van der Waals surface area contributed by atoms with Gasteiger partial charge in [-0.15, -0.1) is 0 Å². The largest absolute Gasteiger partial charge is 0.340 e. The summed E-state index contributed by atoms with van der Waals surface area (Å²) in [5.41, 5.74) is 7.15. The van der Waals surface area contributed by atoms with E-state index in [-0.39, 0.29) is 0 Å². The van der Waals surface area contributed by atoms with Crippen LogP contribution < -0.4 is 0 Å². The summed E-state index contributed by atoms with van der Waals surface area (Å²) in [7, 11) is 0. The third kappa shape index (κ3) is 5.51. The third-order valence-corrected chi connectivity index (χ3v) is 9.45. The molecule has 0 aliphatic heterocycles. The zero-order valence-electron chi connectivity index (χ0n) is 26.2. The highest BCUT2D eigenvalue weighted by atomic mass is 19.1. The molecule has 2 heterocycles. The van der Waals surface area contributed by atoms with E-state index < -0.39 is 23.3 Å². The number of hydrogen-bond acceptors (Lipinski definition) is 0. The first-order valence-corrected chi connectivity index (χ1v) is 16.4. The monoisotopic (exact) mass is 640 g/mol. The van der Waals surface area contributed by atoms with E-state index in [1.54, 1.807) is 0 Å². The fourth-order valence-electron chi connectivity index (χ4n) is 7.28. The first-order valence-electron chi connectivity index (χ1n) is 16.4. The molecule has 0 N–H and O–H groups in total. The molecule has 0 spiro atoms. The summed E-state index contributed by atoms with van der Waals surface area (Å²) in [6, 6.07) is 36.0. The maximum atomic E-state index is 14.0. The summed E-state index contributed by atoms with van der Waals surface area (Å²) in [5.74, 6) is -2.34. The van der Waals surface area contributed by atoms with E-state index in [1.807, 2.05) is 48.5 Å². The SMILES string of the molecule is Fc1cc(F)cc(-c2ccc3c(c2)c2ccccc2n3CCCCCCn2c3ccccc3c3cc(-c4cc(F)cc(F)c4)ccc32)c1. The Hall–Kier alpha value is -5.36. The standard InChI is InChI=1S/C42H32F4N2/c43-31-19-29(20-32(44)25-31)27-13-15-41-37(23-27)35-9-3-5-11-39(35)47(41)17-7-1-2-8-18-48-40-12-6-4-10-36(40)38-24-28(14-16-42(38)48)30-21-33(45)26-34(46)22-30/h3-6,9-16,19-26H,1-2,7-8,17-18H2. The van der Waals surface area contributed by atoms with Crippen LogP contribution in [0.1, 0.15) is 25.7 Å². The van der Waals surface area contributed by atoms with Gasteiger partial charge >= 0.3 is 0 Å². The van der Waals surface area contributed by atoms with Gasteiger partial charge in [0.1, 0.15) is 23.3 Å². The van der Waals surface area contributed by atoms with Gasteiger partial charge in [0.15, 0.2) is 0 Å². The lowest BCUT2D eigenvalue weighted by atomic mass is 10.0. The van der Waals surface area contributed by atoms with Gasteiger partial charge in [0, 0.05) is 68.8 Å². The number of rotatable bonds is 9. The van der Waals surface area contributed by atoms with Gasteiger partial charge in [-0.05, 0) is 95.8 Å². The van der Waals surface area contributed by atoms with Crippen molar-refractivity contribution in [3.05, 3.63) is 145 Å². The van der Waals surface area contributed by atoms with Crippen molar-refractivity contribution in [3.63, 3.8) is 0 Å². The molecule has 6 heteroatoms. The molecular weight excluding hydrogens is 608 g/mol. The van der Waals surface area contributed by atoms with Crippen molar-refractivity contribution < 1.29 is 17.6 Å². The third-order valence-electron chi connectivity index (χ3n) is 9.45. The van der Waals surface area contributed by atoms with Gasteiger partial charge in [-0.2, -0.15) is 0 Å². The summed E-state index contributed by atoms with van der Waals surface area (Å²) in [6.07, 6.45) is 4.18. The van der Waals surface area contributed by atoms with Crippen LogP contribution in [-0.4, -0.2) is 9.13 Å². The van der Waals surface area contributed by atoms with E-state index in [4.69, 9.17) is 0 Å². The van der Waals surface area contributed by atoms with Crippen molar-refractivity contribution in [3.8, 4) is 22.3 Å². The van der Waals surface area contributed by atoms with Gasteiger partial charge in [-0.1, -0.05) is 61.4 Å². The Bertz CT molecular complexity index is 2260. The predicted octanol–water partition coefficient (Wildman–Crippen LogP) is 12.1. The van der Waals surface area contributed by atoms with Crippen LogP contribution in [-0.2, 0) is 13.1 Å². The summed E-state index contributed by atoms with van der Waals surface area (Å²) in [6.45, 7) is 1.74. The molecule has 238 valence electrons. The molecule has 6 aromatic carbocycles. The second-order valence-corrected chi connectivity index (χ2v) is 12.5. The van der Waals surface area contributed by atoms with Gasteiger partial charge in [0.2, 0.25) is 0 Å². The van der Waals surface area contributed by atoms with E-state index in [0.717, 1.165) is 106 Å². The Kier molecular flexibility index (Phi) is 7.72. The maximum Gasteiger partial charge on any atom is 0.126 e. The van der Waals surface area contributed by atoms with Gasteiger partial charge < -0.3 is 9.13 Å². The van der Waals surface area contributed by atoms with E-state index in [9.17, 15) is 17.6 Å². The molecule has 8 aromatic rings. The van der Waals surface area contributed by atoms with Crippen LogP contribution in [0.5, 0.6) is 0 Å². The van der Waals surface area contributed by atoms with Crippen molar-refractivity contribution in [2.45, 2.75) is 38.8 Å². The first-order chi connectivity index (χ1) is 23.4. The summed E-state index contributed by atoms with van der Waals surface area (Å²) in [5, 5.41) is 4.40. The number of unbranched alkanes of at least 4 members (excludes halogenated alkanes) is 3. The molecular formula is C42H32F4N2. The van der Waals surface area contributed by atoms with Gasteiger partial charge in [0.05, 0.1) is 0 Å². The number of aromatic nitrogens is 2. The average molecular weight is 641 g/mol. The fraction of sp³-hybridized carbons (Fsp3) is 0.143. The fourth-order valence-corrected chi connectivity index (χ4v) is 7.28. The number of benzene rings is 6. The van der Waals surface area contributed by atoms with Crippen LogP contribution >= 0.6 is 0 Å². The molecule has 0 atom stereocenters. The Morgan fingerprint density at radius 3 is 1.12 bits per heavy atom. The second-order valence-electron chi connectivity index (χ2n) is 12.5. The molecule has 2 nitrogen and oxygen atoms in total. The van der Waals surface area contributed by atoms with Crippen LogP contribution in [0.3, 0.4) is 0 Å². The van der Waals surface area contributed by atoms with Crippen LogP contribution in [0, 0.1) is 23.3 Å². The van der Waals surface area contributed by atoms with Gasteiger partial charge in [-0.3, -0.25) is 0 Å². The number of fused-ring (bicyclic) bond motifs is 6. The first kappa shape index (κ1) is 30.0. The highest BCUT2D eigenvalue weighted by molar-refractivity contribution is 6.10. The van der Waals surface area contributed by atoms with E-state index in [0.29, 0.717) is 11.1 Å². The number of nitrogens with zero attached hydrogens (tertiary/aromatic N) is 2. The van der Waals surface area contributed by atoms with Crippen LogP contribution in [0.2, 0.25) is 0 Å². The molecule has 0 saturated carbocycles. The summed E-state index contributed by atoms with van der Waals surface area (Å²) < 4.78 is 60.6. The molecule has 48 heavy (non-hydrogen) atoms. The van der Waals surface area contributed by atoms with Gasteiger partial charge in [0.25, 0.3) is 0 Å². The quantitative estimate of drug-likeness (QED) is 0.110. The van der Waals surface area contributed by atoms with Crippen molar-refractivity contribution in [2.75, 3.05) is 0 Å². The number of hydrogen-bond donors (Lipinski definition) is 0. The lowest BCUT2D eigenvalue weighted by Crippen LogP contribution is -2.00. The van der Waals surface area contributed by atoms with Crippen LogP contribution in [0.25, 0.3) is 65.9 Å². The smallest absolute Gasteiger partial charge is 0.126 e. The summed E-state index contributed by atoms with van der Waals surface area (Å²) >= 11 is 0. The highest BCUT2D eigenvalue weighted by Gasteiger charge is 2.14. The lowest BCUT2D eigenvalue weighted by molar-refractivity contribution is 0.559. The molecule has 2 aromatic heterocycles. The Morgan fingerprint density at radius 2 is 0.708 bits per heavy atom. The Balaban J connectivity index is 0.985. The molecule has 0 amide bonds. The minimum Gasteiger partial charge on any atom is -0.340 e. The van der Waals surface area contributed by atoms with E-state index in [1.165, 1.54) is 24.3 Å². The Labute approximate surface area is 275 Å². The van der Waals surface area contributed by atoms with Crippen molar-refractivity contribution in [1.29, 1.82) is 0 Å². The highest BCUT2D eigenvalue weighted by Crippen LogP contribution is 2.35. The molecule has 0 fully saturated rings. The zero-order valence-corrected chi connectivity index (χ0v) is 26.2. The van der Waals surface area contributed by atoms with Crippen molar-refractivity contribution in [1.82, 2.24) is 9.13 Å². The average Bonchev–Trinajstić information content (AvgIpc) is 3.57. The maximum absolute atomic E-state index is 14.0. The molecule has 0 unspecified atom stereocenters. The second kappa shape index (κ2) is 12.3. The molecule has 0 bridgehead atoms. The van der Waals surface area contributed by atoms with E-state index in [2.05, 4.69) is 45.5 Å². The zero-order chi connectivity index (χ0) is 32.8. The van der Waals surface area contributed by atoms with Crippen molar-refractivity contribution in [2.24, 2.45) is 0 Å². The normalized spacial score (nSPS) is 11.8. The Morgan fingerprint density at radius 1 is 0.333 bits per heavy atom. The summed E-state index contributed by atoms with van der Waals surface area (Å²) in [4.78, 5) is 0. The topological polar surface area (TPSA) is 9.86 Å². The molecule has 0 aliphatic rings. The lowest BCUT2D eigenvalue weighted by Gasteiger charge is -2.10. The number of aryl methyl sites for hydroxylation is 2. The molecule has 8 rings (SSSR count). The minimum atomic E-state index is -0.585. The number of para-hydroxylation sites is 2. The molecule has 0 aliphatic carbocycles. The van der Waals surface area contributed by atoms with Crippen LogP contribution in [0.15, 0.2) is 121 Å². The molecule has 0 radical (unpaired) electrons. The predicted molar refractivity (Wildman–Crippen MR) is 188 cm³/mol. The minimum absolute atomic E-state index is 0.525.